The van der Waals surface area contributed by atoms with Gasteiger partial charge >= 0.3 is 0 Å². The van der Waals surface area contributed by atoms with Gasteiger partial charge in [-0.2, -0.15) is 0 Å². The first-order valence-electron chi connectivity index (χ1n) is 48.7. The van der Waals surface area contributed by atoms with E-state index in [0.29, 0.717) is 16.2 Å². The van der Waals surface area contributed by atoms with E-state index < -0.39 is 5.41 Å². The molecule has 29 aromatic rings. The van der Waals surface area contributed by atoms with E-state index in [-0.39, 0.29) is 22.1 Å². The quantitative estimate of drug-likeness (QED) is 0.126. The molecule has 0 fully saturated rings. The van der Waals surface area contributed by atoms with Crippen LogP contribution in [0.15, 0.2) is 430 Å². The number of benzene rings is 19. The molecule has 0 saturated heterocycles. The van der Waals surface area contributed by atoms with Crippen molar-refractivity contribution in [1.82, 2.24) is 22.8 Å². The van der Waals surface area contributed by atoms with Crippen molar-refractivity contribution in [2.24, 2.45) is 0 Å². The zero-order chi connectivity index (χ0) is 93.9. The SMILES string of the molecule is CC1(C)c2ccccc2-c2ccc(-c3cc4c5cc(-c6cc(-c7cc8c9ccccc9c(=O)n9c%10ccc(-c%11cccc%12c%11oc%11ccccc%11%12)cc%10c(c7)c89)c7oc8ccccc8c7c6)ccc5c(=O)n5c6ccc(-c7ccc8c(c7)C(C)(C)c7cc(-c9ccc%10c(=O)n%11c%12cn(-c%13cc(-c%14ccccc%14)nc(-c%14ccccc%14)c%13)cc%12c%12cc(-c%13ccccc%13)cc(c%10c9)c%12%11)ccc7-8)cc6c(c3)c45)cc21. The van der Waals surface area contributed by atoms with Gasteiger partial charge in [0.15, 0.2) is 0 Å². The lowest BCUT2D eigenvalue weighted by Crippen LogP contribution is -2.15. The first-order valence-corrected chi connectivity index (χ1v) is 48.7. The standard InChI is InChI=1S/C132H79N5O5/c1-131(2)112-36-19-16-30-89(112)90-48-41-80(67-113(90)131)84-60-106-101-54-77(83-57-99(127-110(62-83)94-32-18-21-38-122(94)142-127)85-63-104-88-29-14-15-33-96(88)128(138)135-119-52-45-81(56-103(119)108(64-85)123(104)135)87-34-22-35-95-93-31-17-20-37-121(93)141-126(87)95)43-50-97(101)129(139)136-118-51-44-76(55-102(118)107(61-84)124(106)136)79-40-47-92-91-46-39-78(65-114(91)132(3,4)115(92)66-79)75-42-49-98-100(53-75)105-58-82(72-23-8-5-9-24-72)59-109-111-70-134(71-120(111)137(125(105)109)130(98)140)86-68-116(73-25-10-6-11-26-73)133-117(69-86)74-27-12-7-13-28-74/h5-71H,1-4H3. The van der Waals surface area contributed by atoms with Crippen molar-refractivity contribution < 1.29 is 8.83 Å². The van der Waals surface area contributed by atoms with Crippen LogP contribution in [-0.2, 0) is 10.8 Å². The average molecular weight is 1820 g/mol. The number of para-hydroxylation sites is 3. The number of furan rings is 2. The summed E-state index contributed by atoms with van der Waals surface area (Å²) >= 11 is 0. The van der Waals surface area contributed by atoms with Crippen LogP contribution in [0.5, 0.6) is 0 Å². The fourth-order valence-corrected chi connectivity index (χ4v) is 25.1. The maximum Gasteiger partial charge on any atom is 0.263 e. The molecule has 2 aliphatic carbocycles. The number of nitrogens with zero attached hydrogens (tertiary/aromatic N) is 5. The maximum absolute atomic E-state index is 16.2. The van der Waals surface area contributed by atoms with Gasteiger partial charge in [0.25, 0.3) is 16.7 Å². The molecule has 0 saturated carbocycles. The largest absolute Gasteiger partial charge is 0.455 e. The summed E-state index contributed by atoms with van der Waals surface area (Å²) in [7, 11) is 0. The molecule has 0 spiro atoms. The molecule has 0 unspecified atom stereocenters. The molecule has 10 nitrogen and oxygen atoms in total. The van der Waals surface area contributed by atoms with Crippen molar-refractivity contribution >= 4 is 158 Å². The van der Waals surface area contributed by atoms with Crippen LogP contribution < -0.4 is 16.7 Å². The Kier molecular flexibility index (Phi) is 15.8. The summed E-state index contributed by atoms with van der Waals surface area (Å²) in [5.41, 5.74) is 36.3. The zero-order valence-corrected chi connectivity index (χ0v) is 77.5. The third-order valence-corrected chi connectivity index (χ3v) is 32.0. The van der Waals surface area contributed by atoms with Crippen molar-refractivity contribution in [1.29, 1.82) is 0 Å². The molecule has 0 aliphatic heterocycles. The van der Waals surface area contributed by atoms with E-state index >= 15 is 14.4 Å². The highest BCUT2D eigenvalue weighted by molar-refractivity contribution is 6.27. The molecule has 0 N–H and O–H groups in total. The minimum Gasteiger partial charge on any atom is -0.455 e. The van der Waals surface area contributed by atoms with Crippen LogP contribution in [0, 0.1) is 0 Å². The molecule has 142 heavy (non-hydrogen) atoms. The van der Waals surface area contributed by atoms with E-state index in [4.69, 9.17) is 13.8 Å². The second-order valence-corrected chi connectivity index (χ2v) is 40.2. The molecule has 0 atom stereocenters. The van der Waals surface area contributed by atoms with Gasteiger partial charge in [-0.15, -0.1) is 0 Å². The molecule has 31 rings (SSSR count). The summed E-state index contributed by atoms with van der Waals surface area (Å²) in [6.45, 7) is 9.39. The minimum absolute atomic E-state index is 0.0614. The predicted molar refractivity (Wildman–Crippen MR) is 585 cm³/mol. The number of aromatic nitrogens is 5. The van der Waals surface area contributed by atoms with Crippen molar-refractivity contribution in [2.45, 2.75) is 38.5 Å². The van der Waals surface area contributed by atoms with E-state index in [0.717, 1.165) is 248 Å². The van der Waals surface area contributed by atoms with Crippen LogP contribution in [0.25, 0.3) is 286 Å². The average Bonchev–Trinajstić information content (AvgIpc) is 1.53. The van der Waals surface area contributed by atoms with E-state index in [2.05, 4.69) is 354 Å². The Morgan fingerprint density at radius 1 is 0.211 bits per heavy atom. The second kappa shape index (κ2) is 28.4. The molecule has 0 bridgehead atoms. The van der Waals surface area contributed by atoms with Gasteiger partial charge in [0, 0.05) is 137 Å². The summed E-state index contributed by atoms with van der Waals surface area (Å²) in [6, 6.07) is 140. The predicted octanol–water partition coefficient (Wildman–Crippen LogP) is 32.8. The van der Waals surface area contributed by atoms with Crippen LogP contribution in [0.4, 0.5) is 0 Å². The summed E-state index contributed by atoms with van der Waals surface area (Å²) in [6.07, 6.45) is 4.31. The van der Waals surface area contributed by atoms with Crippen LogP contribution >= 0.6 is 0 Å². The number of pyridine rings is 4. The Bertz CT molecular complexity index is 10900. The van der Waals surface area contributed by atoms with Gasteiger partial charge in [0.2, 0.25) is 0 Å². The Morgan fingerprint density at radius 2 is 0.570 bits per heavy atom. The van der Waals surface area contributed by atoms with Gasteiger partial charge in [-0.05, 0) is 273 Å². The molecule has 10 heterocycles. The molecule has 2 aliphatic rings. The lowest BCUT2D eigenvalue weighted by atomic mass is 9.80. The van der Waals surface area contributed by atoms with Gasteiger partial charge in [-0.25, -0.2) is 4.98 Å². The molecule has 662 valence electrons. The topological polar surface area (TPSA) is 109 Å². The summed E-state index contributed by atoms with van der Waals surface area (Å²) in [5, 5.41) is 17.4. The summed E-state index contributed by atoms with van der Waals surface area (Å²) in [5.74, 6) is 0. The highest BCUT2D eigenvalue weighted by Crippen LogP contribution is 2.56. The molecular weight excluding hydrogens is 1740 g/mol. The third-order valence-electron chi connectivity index (χ3n) is 32.0. The van der Waals surface area contributed by atoms with Crippen LogP contribution in [0.2, 0.25) is 0 Å². The highest BCUT2D eigenvalue weighted by Gasteiger charge is 2.39. The highest BCUT2D eigenvalue weighted by atomic mass is 16.3. The Hall–Kier alpha value is -18.4. The minimum atomic E-state index is -0.422. The van der Waals surface area contributed by atoms with E-state index in [1.54, 1.807) is 0 Å². The number of hydrogen-bond donors (Lipinski definition) is 0. The monoisotopic (exact) mass is 1810 g/mol. The van der Waals surface area contributed by atoms with Gasteiger partial charge in [0.1, 0.15) is 22.3 Å². The lowest BCUT2D eigenvalue weighted by molar-refractivity contribution is 0.660. The van der Waals surface area contributed by atoms with Gasteiger partial charge in [0.05, 0.1) is 44.5 Å². The Morgan fingerprint density at radius 3 is 1.15 bits per heavy atom. The zero-order valence-electron chi connectivity index (χ0n) is 77.5. The molecule has 10 heteroatoms. The van der Waals surface area contributed by atoms with Gasteiger partial charge < -0.3 is 13.4 Å². The van der Waals surface area contributed by atoms with Crippen LogP contribution in [0.3, 0.4) is 0 Å². The van der Waals surface area contributed by atoms with Crippen molar-refractivity contribution in [3.63, 3.8) is 0 Å². The number of rotatable bonds is 10. The second-order valence-electron chi connectivity index (χ2n) is 40.2. The van der Waals surface area contributed by atoms with Crippen molar-refractivity contribution in [3.05, 3.63) is 460 Å². The summed E-state index contributed by atoms with van der Waals surface area (Å²) < 4.78 is 21.8. The van der Waals surface area contributed by atoms with E-state index in [1.165, 1.54) is 44.5 Å². The van der Waals surface area contributed by atoms with E-state index in [1.807, 2.05) is 98.1 Å². The smallest absolute Gasteiger partial charge is 0.263 e. The molecule has 19 aromatic carbocycles. The number of fused-ring (bicyclic) bond motifs is 27. The lowest BCUT2D eigenvalue weighted by Gasteiger charge is -2.23. The van der Waals surface area contributed by atoms with Gasteiger partial charge in [-0.3, -0.25) is 27.6 Å². The third kappa shape index (κ3) is 10.9. The van der Waals surface area contributed by atoms with Crippen LogP contribution in [-0.4, -0.2) is 22.8 Å². The van der Waals surface area contributed by atoms with Crippen molar-refractivity contribution in [2.75, 3.05) is 0 Å². The first-order chi connectivity index (χ1) is 69.6. The first kappa shape index (κ1) is 78.8. The normalized spacial score (nSPS) is 13.4. The van der Waals surface area contributed by atoms with Crippen molar-refractivity contribution in [3.8, 4) is 128 Å². The number of hydrogen-bond acceptors (Lipinski definition) is 6. The van der Waals surface area contributed by atoms with E-state index in [9.17, 15) is 0 Å². The Balaban J connectivity index is 0.542. The molecule has 10 aromatic heterocycles. The fourth-order valence-electron chi connectivity index (χ4n) is 25.1. The maximum atomic E-state index is 16.2. The van der Waals surface area contributed by atoms with Crippen LogP contribution in [0.1, 0.15) is 49.9 Å². The van der Waals surface area contributed by atoms with Gasteiger partial charge in [-0.1, -0.05) is 276 Å². The molecule has 0 amide bonds. The fraction of sp³-hybridized carbons (Fsp3) is 0.0455. The molecular formula is C132H79N5O5. The summed E-state index contributed by atoms with van der Waals surface area (Å²) in [4.78, 5) is 52.2. The molecule has 0 radical (unpaired) electrons. The Labute approximate surface area is 810 Å².